The summed E-state index contributed by atoms with van der Waals surface area (Å²) in [5.74, 6) is 1.89. The van der Waals surface area contributed by atoms with Crippen LogP contribution in [0.5, 0.6) is 5.75 Å². The number of hydrogen-bond donors (Lipinski definition) is 2. The number of fused-ring (bicyclic) bond motifs is 1. The van der Waals surface area contributed by atoms with E-state index in [4.69, 9.17) is 10.5 Å². The maximum atomic E-state index is 6.09. The number of nitrogen functional groups attached to an aromatic ring is 1. The predicted molar refractivity (Wildman–Crippen MR) is 110 cm³/mol. The largest absolute Gasteiger partial charge is 0.497 e. The van der Waals surface area contributed by atoms with Crippen LogP contribution in [-0.4, -0.2) is 31.7 Å². The summed E-state index contributed by atoms with van der Waals surface area (Å²) in [5.41, 5.74) is 9.22. The minimum Gasteiger partial charge on any atom is -0.497 e. The Morgan fingerprint density at radius 2 is 2.00 bits per heavy atom. The first-order valence-corrected chi connectivity index (χ1v) is 8.47. The molecule has 1 aromatic carbocycles. The number of rotatable bonds is 5. The van der Waals surface area contributed by atoms with Crippen LogP contribution in [0.25, 0.3) is 16.9 Å². The van der Waals surface area contributed by atoms with Crippen molar-refractivity contribution in [3.63, 3.8) is 0 Å². The van der Waals surface area contributed by atoms with Gasteiger partial charge >= 0.3 is 0 Å². The molecule has 142 valence electrons. The molecule has 0 fully saturated rings. The quantitative estimate of drug-likeness (QED) is 0.554. The Labute approximate surface area is 160 Å². The molecule has 1 atom stereocenters. The lowest BCUT2D eigenvalue weighted by molar-refractivity contribution is 0.414. The van der Waals surface area contributed by atoms with Gasteiger partial charge in [-0.3, -0.25) is 0 Å². The van der Waals surface area contributed by atoms with Gasteiger partial charge in [-0.25, -0.2) is 19.5 Å². The predicted octanol–water partition coefficient (Wildman–Crippen LogP) is 3.69. The van der Waals surface area contributed by atoms with Gasteiger partial charge < -0.3 is 15.8 Å². The molecule has 3 aromatic heterocycles. The molecule has 0 aliphatic rings. The number of methoxy groups -OCH3 is 1. The van der Waals surface area contributed by atoms with Gasteiger partial charge in [0.15, 0.2) is 11.5 Å². The van der Waals surface area contributed by atoms with E-state index in [-0.39, 0.29) is 10.3 Å². The zero-order chi connectivity index (χ0) is 18.8. The van der Waals surface area contributed by atoms with Crippen LogP contribution in [0.15, 0.2) is 55.1 Å². The number of benzene rings is 1. The third-order valence-corrected chi connectivity index (χ3v) is 4.33. The van der Waals surface area contributed by atoms with Crippen molar-refractivity contribution in [2.75, 3.05) is 18.2 Å². The highest BCUT2D eigenvalue weighted by atomic mass is 16.5. The number of nitrogens with zero attached hydrogens (tertiary/aromatic N) is 5. The number of hydrogen-bond acceptors (Lipinski definition) is 7. The third kappa shape index (κ3) is 3.24. The van der Waals surface area contributed by atoms with E-state index >= 15 is 0 Å². The fourth-order valence-electron chi connectivity index (χ4n) is 2.92. The molecule has 4 aromatic rings. The highest BCUT2D eigenvalue weighted by Crippen LogP contribution is 2.29. The van der Waals surface area contributed by atoms with Crippen molar-refractivity contribution in [3.8, 4) is 17.0 Å². The van der Waals surface area contributed by atoms with Gasteiger partial charge in [-0.2, -0.15) is 0 Å². The maximum absolute atomic E-state index is 6.09. The molecule has 3 N–H and O–H groups in total. The van der Waals surface area contributed by atoms with Gasteiger partial charge in [-0.1, -0.05) is 12.1 Å². The van der Waals surface area contributed by atoms with E-state index in [1.807, 2.05) is 30.3 Å². The second-order valence-corrected chi connectivity index (χ2v) is 6.08. The van der Waals surface area contributed by atoms with E-state index < -0.39 is 0 Å². The van der Waals surface area contributed by atoms with Gasteiger partial charge in [0.05, 0.1) is 18.4 Å². The molecule has 0 saturated carbocycles. The first-order valence-electron chi connectivity index (χ1n) is 8.47. The molecule has 27 heavy (non-hydrogen) atoms. The summed E-state index contributed by atoms with van der Waals surface area (Å²) in [7, 11) is 1.65. The van der Waals surface area contributed by atoms with E-state index in [1.165, 1.54) is 6.33 Å². The van der Waals surface area contributed by atoms with Gasteiger partial charge in [0.25, 0.3) is 0 Å². The Morgan fingerprint density at radius 1 is 1.19 bits per heavy atom. The van der Waals surface area contributed by atoms with Crippen molar-refractivity contribution in [3.05, 3.63) is 60.7 Å². The molecule has 0 amide bonds. The highest BCUT2D eigenvalue weighted by molar-refractivity contribution is 5.84. The molecule has 4 rings (SSSR count). The lowest BCUT2D eigenvalue weighted by atomic mass is 10.1. The van der Waals surface area contributed by atoms with Crippen molar-refractivity contribution in [1.29, 1.82) is 0 Å². The molecule has 0 spiro atoms. The van der Waals surface area contributed by atoms with Gasteiger partial charge in [0.2, 0.25) is 0 Å². The first kappa shape index (κ1) is 16.8. The van der Waals surface area contributed by atoms with Gasteiger partial charge in [-0.15, -0.1) is 5.10 Å². The first-order chi connectivity index (χ1) is 13.2. The molecule has 8 heteroatoms. The normalized spacial score (nSPS) is 12.1. The van der Waals surface area contributed by atoms with Crippen LogP contribution in [-0.2, 0) is 0 Å². The number of nitrogens with one attached hydrogen (secondary N) is 1. The standard InChI is InChI=1S/C19H19N7O.3H2/c1-12(13-4-6-14(27-2)7-5-13)24-16-10-15(22-11-23-16)17-18(20)25-26-9-3-8-21-19(17)26;;;/h3-12H,1-2H3,(H2,20,25)(H,22,23,24);3*1H/t12-;;;/m0.../s1. The fraction of sp³-hybridized carbons (Fsp3) is 0.158. The van der Waals surface area contributed by atoms with Crippen LogP contribution in [0.2, 0.25) is 0 Å². The second-order valence-electron chi connectivity index (χ2n) is 6.08. The molecule has 3 heterocycles. The molecule has 0 aliphatic heterocycles. The Bertz CT molecular complexity index is 1090. The van der Waals surface area contributed by atoms with Gasteiger partial charge in [-0.05, 0) is 30.7 Å². The summed E-state index contributed by atoms with van der Waals surface area (Å²) in [6, 6.07) is 11.6. The number of aromatic nitrogens is 5. The van der Waals surface area contributed by atoms with Crippen molar-refractivity contribution in [2.24, 2.45) is 0 Å². The fourth-order valence-corrected chi connectivity index (χ4v) is 2.92. The van der Waals surface area contributed by atoms with E-state index in [0.717, 1.165) is 11.3 Å². The number of anilines is 2. The SMILES string of the molecule is COc1ccc([C@H](C)Nc2cc(-c3c(N)nn4cccnc34)ncn2)cc1.[HH].[HH].[HH]. The van der Waals surface area contributed by atoms with E-state index in [0.29, 0.717) is 28.5 Å². The molecule has 0 unspecified atom stereocenters. The number of ether oxygens (including phenoxy) is 1. The zero-order valence-corrected chi connectivity index (χ0v) is 15.0. The molecule has 0 bridgehead atoms. The third-order valence-electron chi connectivity index (χ3n) is 4.33. The molecular weight excluding hydrogens is 342 g/mol. The lowest BCUT2D eigenvalue weighted by Crippen LogP contribution is -2.08. The summed E-state index contributed by atoms with van der Waals surface area (Å²) >= 11 is 0. The summed E-state index contributed by atoms with van der Waals surface area (Å²) < 4.78 is 6.84. The van der Waals surface area contributed by atoms with E-state index in [9.17, 15) is 0 Å². The lowest BCUT2D eigenvalue weighted by Gasteiger charge is -2.15. The maximum Gasteiger partial charge on any atom is 0.166 e. The highest BCUT2D eigenvalue weighted by Gasteiger charge is 2.16. The summed E-state index contributed by atoms with van der Waals surface area (Å²) in [5, 5.41) is 7.67. The van der Waals surface area contributed by atoms with Crippen LogP contribution in [0.4, 0.5) is 11.6 Å². The Balaban J connectivity index is 0.00000150. The molecule has 8 nitrogen and oxygen atoms in total. The van der Waals surface area contributed by atoms with E-state index in [2.05, 4.69) is 32.3 Å². The van der Waals surface area contributed by atoms with Crippen molar-refractivity contribution < 1.29 is 9.02 Å². The monoisotopic (exact) mass is 367 g/mol. The van der Waals surface area contributed by atoms with Gasteiger partial charge in [0.1, 0.15) is 17.9 Å². The smallest absolute Gasteiger partial charge is 0.166 e. The zero-order valence-electron chi connectivity index (χ0n) is 15.0. The second kappa shape index (κ2) is 6.91. The average Bonchev–Trinajstić information content (AvgIpc) is 3.04. The van der Waals surface area contributed by atoms with Crippen LogP contribution in [0, 0.1) is 0 Å². The Hall–Kier alpha value is -3.68. The molecule has 0 saturated heterocycles. The molecular formula is C19H25N7O. The van der Waals surface area contributed by atoms with Crippen LogP contribution in [0.1, 0.15) is 22.8 Å². The minimum atomic E-state index is 0. The Kier molecular flexibility index (Phi) is 4.29. The van der Waals surface area contributed by atoms with Gasteiger partial charge in [0, 0.05) is 28.8 Å². The minimum absolute atomic E-state index is 0. The Morgan fingerprint density at radius 3 is 2.78 bits per heavy atom. The molecule has 0 aliphatic carbocycles. The van der Waals surface area contributed by atoms with Crippen molar-refractivity contribution in [2.45, 2.75) is 13.0 Å². The summed E-state index contributed by atoms with van der Waals surface area (Å²) in [6.45, 7) is 2.06. The van der Waals surface area contributed by atoms with Crippen LogP contribution in [0.3, 0.4) is 0 Å². The summed E-state index contributed by atoms with van der Waals surface area (Å²) in [6.07, 6.45) is 5.00. The summed E-state index contributed by atoms with van der Waals surface area (Å²) in [4.78, 5) is 13.0. The molecule has 0 radical (unpaired) electrons. The van der Waals surface area contributed by atoms with Crippen molar-refractivity contribution in [1.82, 2.24) is 24.6 Å². The van der Waals surface area contributed by atoms with E-state index in [1.54, 1.807) is 30.1 Å². The number of nitrogens with two attached hydrogens (primary N) is 1. The topological polar surface area (TPSA) is 103 Å². The average molecular weight is 367 g/mol. The van der Waals surface area contributed by atoms with Crippen LogP contribution >= 0.6 is 0 Å². The van der Waals surface area contributed by atoms with Crippen LogP contribution < -0.4 is 15.8 Å². The van der Waals surface area contributed by atoms with Crippen molar-refractivity contribution >= 4 is 17.3 Å².